The molecular weight excluding hydrogens is 312 g/mol. The zero-order chi connectivity index (χ0) is 16.2. The number of hydrogen-bond acceptors (Lipinski definition) is 4. The lowest BCUT2D eigenvalue weighted by Crippen LogP contribution is -2.33. The van der Waals surface area contributed by atoms with Crippen LogP contribution in [0.15, 0.2) is 29.1 Å². The lowest BCUT2D eigenvalue weighted by atomic mass is 10.1. The van der Waals surface area contributed by atoms with Crippen molar-refractivity contribution < 1.29 is 0 Å². The number of aromatic amines is 1. The first-order chi connectivity index (χ1) is 11.2. The first-order valence-electron chi connectivity index (χ1n) is 7.70. The Morgan fingerprint density at radius 3 is 2.78 bits per heavy atom. The fourth-order valence-electron chi connectivity index (χ4n) is 2.87. The molecule has 0 spiro atoms. The fraction of sp³-hybridized carbons (Fsp3) is 0.353. The Bertz CT molecular complexity index is 803. The number of nitriles is 1. The van der Waals surface area contributed by atoms with Gasteiger partial charge in [-0.2, -0.15) is 5.26 Å². The Morgan fingerprint density at radius 1 is 1.30 bits per heavy atom. The highest BCUT2D eigenvalue weighted by Crippen LogP contribution is 2.20. The number of rotatable bonds is 3. The van der Waals surface area contributed by atoms with Crippen LogP contribution in [0.4, 0.5) is 5.82 Å². The summed E-state index contributed by atoms with van der Waals surface area (Å²) in [5.74, 6) is 1.06. The van der Waals surface area contributed by atoms with E-state index in [4.69, 9.17) is 11.6 Å². The average Bonchev–Trinajstić information content (AvgIpc) is 2.55. The van der Waals surface area contributed by atoms with Gasteiger partial charge in [0, 0.05) is 24.5 Å². The number of piperidine rings is 1. The number of H-pyrrole nitrogens is 1. The van der Waals surface area contributed by atoms with Crippen LogP contribution in [-0.4, -0.2) is 23.1 Å². The highest BCUT2D eigenvalue weighted by molar-refractivity contribution is 6.30. The minimum Gasteiger partial charge on any atom is -0.355 e. The number of halogens is 1. The lowest BCUT2D eigenvalue weighted by molar-refractivity contribution is 0.571. The molecule has 1 N–H and O–H groups in total. The number of nitrogens with zero attached hydrogens (tertiary/aromatic N) is 3. The van der Waals surface area contributed by atoms with Crippen LogP contribution in [0.3, 0.4) is 0 Å². The minimum absolute atomic E-state index is 0.0988. The van der Waals surface area contributed by atoms with Crippen molar-refractivity contribution in [3.63, 3.8) is 0 Å². The molecule has 2 heterocycles. The van der Waals surface area contributed by atoms with Gasteiger partial charge in [0.15, 0.2) is 11.4 Å². The van der Waals surface area contributed by atoms with Crippen molar-refractivity contribution in [2.45, 2.75) is 25.7 Å². The minimum atomic E-state index is -0.375. The normalized spacial score (nSPS) is 14.5. The van der Waals surface area contributed by atoms with Crippen molar-refractivity contribution >= 4 is 17.4 Å². The van der Waals surface area contributed by atoms with Crippen LogP contribution in [0, 0.1) is 11.3 Å². The molecule has 118 valence electrons. The molecule has 3 rings (SSSR count). The van der Waals surface area contributed by atoms with E-state index < -0.39 is 0 Å². The molecule has 2 aromatic rings. The van der Waals surface area contributed by atoms with Gasteiger partial charge in [-0.25, -0.2) is 4.98 Å². The Hall–Kier alpha value is -2.32. The summed E-state index contributed by atoms with van der Waals surface area (Å²) in [4.78, 5) is 21.5. The third-order valence-corrected chi connectivity index (χ3v) is 4.21. The van der Waals surface area contributed by atoms with Gasteiger partial charge in [0.1, 0.15) is 11.9 Å². The van der Waals surface area contributed by atoms with E-state index in [9.17, 15) is 10.1 Å². The summed E-state index contributed by atoms with van der Waals surface area (Å²) < 4.78 is 0. The summed E-state index contributed by atoms with van der Waals surface area (Å²) in [6, 6.07) is 9.45. The summed E-state index contributed by atoms with van der Waals surface area (Å²) in [6.45, 7) is 1.67. The second-order valence-electron chi connectivity index (χ2n) is 5.68. The van der Waals surface area contributed by atoms with E-state index in [-0.39, 0.29) is 11.1 Å². The highest BCUT2D eigenvalue weighted by atomic mass is 35.5. The number of hydrogen-bond donors (Lipinski definition) is 1. The van der Waals surface area contributed by atoms with Crippen LogP contribution in [0.5, 0.6) is 0 Å². The molecule has 1 aromatic heterocycles. The van der Waals surface area contributed by atoms with Crippen molar-refractivity contribution in [3.05, 3.63) is 56.6 Å². The summed E-state index contributed by atoms with van der Waals surface area (Å²) in [6.07, 6.45) is 3.77. The SMILES string of the molecule is N#Cc1c(N2CCCCC2)nc(Cc2cccc(Cl)c2)[nH]c1=O. The van der Waals surface area contributed by atoms with Gasteiger partial charge in [-0.1, -0.05) is 23.7 Å². The average molecular weight is 329 g/mol. The van der Waals surface area contributed by atoms with Gasteiger partial charge in [0.2, 0.25) is 0 Å². The number of nitrogens with one attached hydrogen (secondary N) is 1. The molecule has 0 amide bonds. The van der Waals surface area contributed by atoms with Gasteiger partial charge in [-0.15, -0.1) is 0 Å². The van der Waals surface area contributed by atoms with Crippen LogP contribution in [0.1, 0.15) is 36.2 Å². The van der Waals surface area contributed by atoms with E-state index in [1.165, 1.54) is 6.42 Å². The van der Waals surface area contributed by atoms with Crippen LogP contribution in [0.2, 0.25) is 5.02 Å². The molecule has 23 heavy (non-hydrogen) atoms. The fourth-order valence-corrected chi connectivity index (χ4v) is 3.08. The molecule has 1 aromatic carbocycles. The Morgan fingerprint density at radius 2 is 2.09 bits per heavy atom. The van der Waals surface area contributed by atoms with Crippen molar-refractivity contribution in [2.24, 2.45) is 0 Å². The van der Waals surface area contributed by atoms with Crippen LogP contribution in [0.25, 0.3) is 0 Å². The molecule has 5 nitrogen and oxygen atoms in total. The first kappa shape index (κ1) is 15.6. The molecule has 0 radical (unpaired) electrons. The number of aromatic nitrogens is 2. The largest absolute Gasteiger partial charge is 0.355 e. The topological polar surface area (TPSA) is 72.8 Å². The monoisotopic (exact) mass is 328 g/mol. The molecule has 0 bridgehead atoms. The first-order valence-corrected chi connectivity index (χ1v) is 8.08. The zero-order valence-electron chi connectivity index (χ0n) is 12.7. The van der Waals surface area contributed by atoms with Gasteiger partial charge in [-0.3, -0.25) is 4.79 Å². The maximum Gasteiger partial charge on any atom is 0.271 e. The van der Waals surface area contributed by atoms with Crippen LogP contribution < -0.4 is 10.5 Å². The molecule has 0 unspecified atom stereocenters. The zero-order valence-corrected chi connectivity index (χ0v) is 13.4. The maximum absolute atomic E-state index is 12.2. The van der Waals surface area contributed by atoms with E-state index in [1.807, 2.05) is 29.2 Å². The molecule has 1 fully saturated rings. The second kappa shape index (κ2) is 6.84. The molecule has 0 saturated carbocycles. The van der Waals surface area contributed by atoms with Crippen molar-refractivity contribution in [1.82, 2.24) is 9.97 Å². The third-order valence-electron chi connectivity index (χ3n) is 3.98. The molecule has 0 atom stereocenters. The summed E-state index contributed by atoms with van der Waals surface area (Å²) in [5, 5.41) is 9.94. The lowest BCUT2D eigenvalue weighted by Gasteiger charge is -2.28. The Labute approximate surface area is 139 Å². The van der Waals surface area contributed by atoms with Crippen LogP contribution >= 0.6 is 11.6 Å². The quantitative estimate of drug-likeness (QED) is 0.940. The van der Waals surface area contributed by atoms with E-state index >= 15 is 0 Å². The van der Waals surface area contributed by atoms with Gasteiger partial charge in [0.05, 0.1) is 0 Å². The van der Waals surface area contributed by atoms with Crippen molar-refractivity contribution in [2.75, 3.05) is 18.0 Å². The molecule has 6 heteroatoms. The van der Waals surface area contributed by atoms with Crippen molar-refractivity contribution in [3.8, 4) is 6.07 Å². The number of benzene rings is 1. The molecule has 0 aliphatic carbocycles. The smallest absolute Gasteiger partial charge is 0.271 e. The molecule has 1 aliphatic rings. The summed E-state index contributed by atoms with van der Waals surface area (Å²) >= 11 is 6.00. The van der Waals surface area contributed by atoms with E-state index in [0.29, 0.717) is 23.1 Å². The Balaban J connectivity index is 1.97. The van der Waals surface area contributed by atoms with Gasteiger partial charge >= 0.3 is 0 Å². The third kappa shape index (κ3) is 3.54. The Kier molecular flexibility index (Phi) is 4.63. The maximum atomic E-state index is 12.2. The standard InChI is InChI=1S/C17H17ClN4O/c18-13-6-4-5-12(9-13)10-15-20-16(14(11-19)17(23)21-15)22-7-2-1-3-8-22/h4-6,9H,1-3,7-8,10H2,(H,20,21,23). The van der Waals surface area contributed by atoms with Crippen LogP contribution in [-0.2, 0) is 6.42 Å². The van der Waals surface area contributed by atoms with E-state index in [0.717, 1.165) is 31.5 Å². The van der Waals surface area contributed by atoms with Gasteiger partial charge in [-0.05, 0) is 37.0 Å². The molecular formula is C17H17ClN4O. The second-order valence-corrected chi connectivity index (χ2v) is 6.11. The van der Waals surface area contributed by atoms with E-state index in [2.05, 4.69) is 9.97 Å². The molecule has 1 aliphatic heterocycles. The predicted molar refractivity (Wildman–Crippen MR) is 89.9 cm³/mol. The van der Waals surface area contributed by atoms with Gasteiger partial charge in [0.25, 0.3) is 5.56 Å². The number of anilines is 1. The molecule has 1 saturated heterocycles. The van der Waals surface area contributed by atoms with Crippen molar-refractivity contribution in [1.29, 1.82) is 5.26 Å². The highest BCUT2D eigenvalue weighted by Gasteiger charge is 2.19. The van der Waals surface area contributed by atoms with Gasteiger partial charge < -0.3 is 9.88 Å². The van der Waals surface area contributed by atoms with E-state index in [1.54, 1.807) is 6.07 Å². The predicted octanol–water partition coefficient (Wildman–Crippen LogP) is 2.88. The summed E-state index contributed by atoms with van der Waals surface area (Å²) in [5.41, 5.74) is 0.691. The summed E-state index contributed by atoms with van der Waals surface area (Å²) in [7, 11) is 0.